The summed E-state index contributed by atoms with van der Waals surface area (Å²) in [5.74, 6) is -0.906. The van der Waals surface area contributed by atoms with Gasteiger partial charge in [-0.3, -0.25) is 0 Å². The van der Waals surface area contributed by atoms with Crippen molar-refractivity contribution in [1.82, 2.24) is 5.32 Å². The molecule has 0 aromatic rings. The van der Waals surface area contributed by atoms with Crippen LogP contribution in [0.2, 0.25) is 0 Å². The second kappa shape index (κ2) is 3.93. The molecule has 0 rings (SSSR count). The van der Waals surface area contributed by atoms with Gasteiger partial charge in [0.2, 0.25) is 0 Å². The van der Waals surface area contributed by atoms with E-state index in [2.05, 4.69) is 5.32 Å². The Morgan fingerprint density at radius 2 is 2.10 bits per heavy atom. The van der Waals surface area contributed by atoms with Crippen molar-refractivity contribution >= 4 is 5.97 Å². The molecule has 0 spiro atoms. The van der Waals surface area contributed by atoms with Crippen LogP contribution in [0, 0.1) is 0 Å². The molecule has 0 saturated carbocycles. The molecule has 0 heterocycles. The van der Waals surface area contributed by atoms with E-state index in [1.165, 1.54) is 0 Å². The van der Waals surface area contributed by atoms with E-state index in [1.807, 2.05) is 13.8 Å². The number of carboxylic acids is 1. The monoisotopic (exact) mass is 143 g/mol. The summed E-state index contributed by atoms with van der Waals surface area (Å²) in [4.78, 5) is 10.3. The number of carbonyl (C=O) groups is 1. The largest absolute Gasteiger partial charge is 0.477 e. The number of hydrogen-bond acceptors (Lipinski definition) is 2. The van der Waals surface area contributed by atoms with Crippen molar-refractivity contribution in [3.63, 3.8) is 0 Å². The van der Waals surface area contributed by atoms with Gasteiger partial charge >= 0.3 is 5.97 Å². The van der Waals surface area contributed by atoms with Gasteiger partial charge in [0, 0.05) is 6.04 Å². The van der Waals surface area contributed by atoms with Crippen LogP contribution in [0.15, 0.2) is 11.8 Å². The first-order chi connectivity index (χ1) is 4.57. The van der Waals surface area contributed by atoms with Crippen LogP contribution in [-0.2, 0) is 4.79 Å². The molecule has 0 unspecified atom stereocenters. The average Bonchev–Trinajstić information content (AvgIpc) is 1.81. The summed E-state index contributed by atoms with van der Waals surface area (Å²) < 4.78 is 0. The zero-order valence-electron chi connectivity index (χ0n) is 6.51. The zero-order valence-corrected chi connectivity index (χ0v) is 6.51. The van der Waals surface area contributed by atoms with Gasteiger partial charge in [-0.05, 0) is 20.8 Å². The maximum atomic E-state index is 10.3. The van der Waals surface area contributed by atoms with Crippen molar-refractivity contribution in [3.8, 4) is 0 Å². The van der Waals surface area contributed by atoms with Crippen LogP contribution in [0.5, 0.6) is 0 Å². The molecule has 0 amide bonds. The standard InChI is InChI=1S/C7H13NO2/c1-4-6(7(9)10)8-5(2)3/h4-5,8H,1-3H3,(H,9,10)/b6-4-. The Morgan fingerprint density at radius 3 is 2.20 bits per heavy atom. The van der Waals surface area contributed by atoms with Crippen LogP contribution in [0.4, 0.5) is 0 Å². The number of aliphatic carboxylic acids is 1. The molecule has 3 heteroatoms. The highest BCUT2D eigenvalue weighted by Gasteiger charge is 2.04. The molecule has 2 N–H and O–H groups in total. The van der Waals surface area contributed by atoms with E-state index in [4.69, 9.17) is 5.11 Å². The second-order valence-corrected chi connectivity index (χ2v) is 2.31. The molecule has 0 saturated heterocycles. The molecular formula is C7H13NO2. The highest BCUT2D eigenvalue weighted by atomic mass is 16.4. The molecule has 0 radical (unpaired) electrons. The van der Waals surface area contributed by atoms with Gasteiger partial charge in [-0.15, -0.1) is 0 Å². The molecule has 0 aliphatic carbocycles. The van der Waals surface area contributed by atoms with Gasteiger partial charge in [-0.1, -0.05) is 6.08 Å². The van der Waals surface area contributed by atoms with Gasteiger partial charge in [-0.2, -0.15) is 0 Å². The summed E-state index contributed by atoms with van der Waals surface area (Å²) in [5, 5.41) is 11.3. The Balaban J connectivity index is 3.99. The highest BCUT2D eigenvalue weighted by Crippen LogP contribution is 1.90. The third-order valence-corrected chi connectivity index (χ3v) is 0.963. The normalized spacial score (nSPS) is 11.8. The van der Waals surface area contributed by atoms with Crippen LogP contribution >= 0.6 is 0 Å². The number of hydrogen-bond donors (Lipinski definition) is 2. The Kier molecular flexibility index (Phi) is 3.54. The van der Waals surface area contributed by atoms with Crippen molar-refractivity contribution in [2.75, 3.05) is 0 Å². The summed E-state index contributed by atoms with van der Waals surface area (Å²) in [5.41, 5.74) is 0.259. The summed E-state index contributed by atoms with van der Waals surface area (Å²) in [6.45, 7) is 5.48. The summed E-state index contributed by atoms with van der Waals surface area (Å²) in [6, 6.07) is 0.169. The van der Waals surface area contributed by atoms with Crippen molar-refractivity contribution in [1.29, 1.82) is 0 Å². The van der Waals surface area contributed by atoms with E-state index in [0.29, 0.717) is 0 Å². The van der Waals surface area contributed by atoms with Gasteiger partial charge in [0.25, 0.3) is 0 Å². The molecule has 0 aromatic heterocycles. The Hall–Kier alpha value is -0.990. The van der Waals surface area contributed by atoms with Crippen LogP contribution in [0.3, 0.4) is 0 Å². The minimum atomic E-state index is -0.906. The number of nitrogens with one attached hydrogen (secondary N) is 1. The van der Waals surface area contributed by atoms with E-state index >= 15 is 0 Å². The van der Waals surface area contributed by atoms with Crippen LogP contribution < -0.4 is 5.32 Å². The second-order valence-electron chi connectivity index (χ2n) is 2.31. The van der Waals surface area contributed by atoms with Gasteiger partial charge in [-0.25, -0.2) is 4.79 Å². The highest BCUT2D eigenvalue weighted by molar-refractivity contribution is 5.85. The Morgan fingerprint density at radius 1 is 1.60 bits per heavy atom. The quantitative estimate of drug-likeness (QED) is 0.579. The molecule has 0 atom stereocenters. The predicted molar refractivity (Wildman–Crippen MR) is 39.7 cm³/mol. The summed E-state index contributed by atoms with van der Waals surface area (Å²) in [7, 11) is 0. The molecular weight excluding hydrogens is 130 g/mol. The van der Waals surface area contributed by atoms with E-state index in [9.17, 15) is 4.79 Å². The minimum absolute atomic E-state index is 0.169. The van der Waals surface area contributed by atoms with Crippen molar-refractivity contribution < 1.29 is 9.90 Å². The third kappa shape index (κ3) is 3.12. The lowest BCUT2D eigenvalue weighted by atomic mass is 10.3. The SMILES string of the molecule is C/C=C(\NC(C)C)C(=O)O. The molecule has 0 aromatic carbocycles. The topological polar surface area (TPSA) is 49.3 Å². The van der Waals surface area contributed by atoms with Crippen molar-refractivity contribution in [2.24, 2.45) is 0 Å². The van der Waals surface area contributed by atoms with Crippen molar-refractivity contribution in [2.45, 2.75) is 26.8 Å². The van der Waals surface area contributed by atoms with E-state index in [0.717, 1.165) is 0 Å². The first kappa shape index (κ1) is 9.01. The van der Waals surface area contributed by atoms with Gasteiger partial charge in [0.05, 0.1) is 0 Å². The zero-order chi connectivity index (χ0) is 8.15. The van der Waals surface area contributed by atoms with Gasteiger partial charge in [0.15, 0.2) is 0 Å². The number of allylic oxidation sites excluding steroid dienone is 1. The van der Waals surface area contributed by atoms with Crippen LogP contribution in [0.25, 0.3) is 0 Å². The summed E-state index contributed by atoms with van der Waals surface area (Å²) >= 11 is 0. The summed E-state index contributed by atoms with van der Waals surface area (Å²) in [6.07, 6.45) is 1.54. The lowest BCUT2D eigenvalue weighted by Crippen LogP contribution is -2.26. The maximum absolute atomic E-state index is 10.3. The fourth-order valence-electron chi connectivity index (χ4n) is 0.580. The lowest BCUT2D eigenvalue weighted by molar-refractivity contribution is -0.133. The first-order valence-electron chi connectivity index (χ1n) is 3.24. The molecule has 0 aliphatic rings. The molecule has 0 fully saturated rings. The van der Waals surface area contributed by atoms with E-state index in [-0.39, 0.29) is 11.7 Å². The Labute approximate surface area is 60.7 Å². The van der Waals surface area contributed by atoms with E-state index < -0.39 is 5.97 Å². The first-order valence-corrected chi connectivity index (χ1v) is 3.24. The fourth-order valence-corrected chi connectivity index (χ4v) is 0.580. The van der Waals surface area contributed by atoms with Crippen LogP contribution in [-0.4, -0.2) is 17.1 Å². The molecule has 10 heavy (non-hydrogen) atoms. The molecule has 58 valence electrons. The average molecular weight is 143 g/mol. The smallest absolute Gasteiger partial charge is 0.351 e. The molecule has 0 bridgehead atoms. The van der Waals surface area contributed by atoms with Gasteiger partial charge < -0.3 is 10.4 Å². The maximum Gasteiger partial charge on any atom is 0.351 e. The fraction of sp³-hybridized carbons (Fsp3) is 0.571. The molecule has 3 nitrogen and oxygen atoms in total. The third-order valence-electron chi connectivity index (χ3n) is 0.963. The lowest BCUT2D eigenvalue weighted by Gasteiger charge is -2.08. The number of rotatable bonds is 3. The Bertz CT molecular complexity index is 150. The van der Waals surface area contributed by atoms with Crippen LogP contribution in [0.1, 0.15) is 20.8 Å². The minimum Gasteiger partial charge on any atom is -0.477 e. The predicted octanol–water partition coefficient (Wildman–Crippen LogP) is 0.973. The van der Waals surface area contributed by atoms with Gasteiger partial charge in [0.1, 0.15) is 5.70 Å². The van der Waals surface area contributed by atoms with E-state index in [1.54, 1.807) is 13.0 Å². The molecule has 0 aliphatic heterocycles. The number of carboxylic acid groups (broad SMARTS) is 1. The van der Waals surface area contributed by atoms with Crippen molar-refractivity contribution in [3.05, 3.63) is 11.8 Å².